The maximum absolute atomic E-state index is 12.3. The van der Waals surface area contributed by atoms with Gasteiger partial charge in [0.05, 0.1) is 6.04 Å². The second-order valence-corrected chi connectivity index (χ2v) is 6.34. The second kappa shape index (κ2) is 7.56. The van der Waals surface area contributed by atoms with Crippen molar-refractivity contribution in [2.45, 2.75) is 32.9 Å². The quantitative estimate of drug-likeness (QED) is 0.827. The van der Waals surface area contributed by atoms with Crippen LogP contribution in [0.15, 0.2) is 53.0 Å². The molecule has 1 amide bonds. The normalized spacial score (nSPS) is 13.5. The Morgan fingerprint density at radius 1 is 1.09 bits per heavy atom. The highest BCUT2D eigenvalue weighted by molar-refractivity contribution is 9.10. The molecule has 0 unspecified atom stereocenters. The van der Waals surface area contributed by atoms with Crippen molar-refractivity contribution in [3.05, 3.63) is 64.1 Å². The largest absolute Gasteiger partial charge is 0.325 e. The predicted molar refractivity (Wildman–Crippen MR) is 95.0 cm³/mol. The molecule has 2 atom stereocenters. The molecule has 4 heteroatoms. The lowest BCUT2D eigenvalue weighted by molar-refractivity contribution is -0.117. The summed E-state index contributed by atoms with van der Waals surface area (Å²) in [7, 11) is 0. The Hall–Kier alpha value is -1.65. The van der Waals surface area contributed by atoms with Crippen molar-refractivity contribution in [1.82, 2.24) is 5.32 Å². The van der Waals surface area contributed by atoms with Crippen LogP contribution in [-0.2, 0) is 4.79 Å². The maximum atomic E-state index is 12.3. The van der Waals surface area contributed by atoms with E-state index >= 15 is 0 Å². The zero-order valence-electron chi connectivity index (χ0n) is 13.1. The number of benzene rings is 2. The molecule has 2 N–H and O–H groups in total. The molecular formula is C18H21BrN2O. The van der Waals surface area contributed by atoms with Gasteiger partial charge in [0.2, 0.25) is 5.91 Å². The summed E-state index contributed by atoms with van der Waals surface area (Å²) >= 11 is 3.55. The third kappa shape index (κ3) is 4.42. The summed E-state index contributed by atoms with van der Waals surface area (Å²) in [6, 6.07) is 15.6. The van der Waals surface area contributed by atoms with E-state index in [0.29, 0.717) is 0 Å². The molecule has 0 aliphatic rings. The summed E-state index contributed by atoms with van der Waals surface area (Å²) in [6.45, 7) is 5.93. The number of halogens is 1. The first-order chi connectivity index (χ1) is 10.5. The monoisotopic (exact) mass is 360 g/mol. The smallest absolute Gasteiger partial charge is 0.241 e. The molecule has 0 radical (unpaired) electrons. The average molecular weight is 361 g/mol. The van der Waals surface area contributed by atoms with E-state index in [1.165, 1.54) is 0 Å². The summed E-state index contributed by atoms with van der Waals surface area (Å²) in [5.74, 6) is -0.0375. The molecule has 2 aromatic carbocycles. The predicted octanol–water partition coefficient (Wildman–Crippen LogP) is 4.44. The van der Waals surface area contributed by atoms with Gasteiger partial charge in [-0.1, -0.05) is 46.3 Å². The standard InChI is InChI=1S/C18H21BrN2O/c1-12-7-6-8-15(11-12)21-18(22)14(3)20-13(2)16-9-4-5-10-17(16)19/h4-11,13-14,20H,1-3H3,(H,21,22)/t13-,14+/m0/s1. The number of rotatable bonds is 5. The Balaban J connectivity index is 1.98. The van der Waals surface area contributed by atoms with Gasteiger partial charge in [0.25, 0.3) is 0 Å². The van der Waals surface area contributed by atoms with Gasteiger partial charge in [-0.3, -0.25) is 10.1 Å². The van der Waals surface area contributed by atoms with Gasteiger partial charge >= 0.3 is 0 Å². The van der Waals surface area contributed by atoms with Crippen LogP contribution in [0.2, 0.25) is 0 Å². The number of hydrogen-bond donors (Lipinski definition) is 2. The lowest BCUT2D eigenvalue weighted by Crippen LogP contribution is -2.39. The highest BCUT2D eigenvalue weighted by Crippen LogP contribution is 2.23. The Kier molecular flexibility index (Phi) is 5.75. The molecule has 0 saturated carbocycles. The summed E-state index contributed by atoms with van der Waals surface area (Å²) in [5.41, 5.74) is 3.09. The molecule has 2 aromatic rings. The Bertz CT molecular complexity index is 657. The van der Waals surface area contributed by atoms with E-state index in [2.05, 4.69) is 33.5 Å². The minimum absolute atomic E-state index is 0.0375. The van der Waals surface area contributed by atoms with Crippen LogP contribution in [0.4, 0.5) is 5.69 Å². The second-order valence-electron chi connectivity index (χ2n) is 5.49. The van der Waals surface area contributed by atoms with E-state index in [0.717, 1.165) is 21.3 Å². The highest BCUT2D eigenvalue weighted by Gasteiger charge is 2.17. The Morgan fingerprint density at radius 3 is 2.50 bits per heavy atom. The topological polar surface area (TPSA) is 41.1 Å². The lowest BCUT2D eigenvalue weighted by Gasteiger charge is -2.21. The van der Waals surface area contributed by atoms with Crippen LogP contribution in [0, 0.1) is 6.92 Å². The van der Waals surface area contributed by atoms with Gasteiger partial charge in [0.1, 0.15) is 0 Å². The lowest BCUT2D eigenvalue weighted by atomic mass is 10.1. The van der Waals surface area contributed by atoms with Gasteiger partial charge in [-0.25, -0.2) is 0 Å². The fraction of sp³-hybridized carbons (Fsp3) is 0.278. The van der Waals surface area contributed by atoms with Crippen LogP contribution in [0.1, 0.15) is 31.0 Å². The van der Waals surface area contributed by atoms with E-state index in [-0.39, 0.29) is 18.0 Å². The maximum Gasteiger partial charge on any atom is 0.241 e. The molecule has 0 aliphatic carbocycles. The first-order valence-electron chi connectivity index (χ1n) is 7.35. The first-order valence-corrected chi connectivity index (χ1v) is 8.14. The van der Waals surface area contributed by atoms with Crippen LogP contribution < -0.4 is 10.6 Å². The molecular weight excluding hydrogens is 340 g/mol. The van der Waals surface area contributed by atoms with Crippen molar-refractivity contribution >= 4 is 27.5 Å². The molecule has 0 spiro atoms. The zero-order chi connectivity index (χ0) is 16.1. The van der Waals surface area contributed by atoms with Crippen LogP contribution >= 0.6 is 15.9 Å². The van der Waals surface area contributed by atoms with Gasteiger partial charge in [-0.05, 0) is 50.1 Å². The molecule has 2 rings (SSSR count). The molecule has 116 valence electrons. The number of carbonyl (C=O) groups excluding carboxylic acids is 1. The number of amides is 1. The minimum Gasteiger partial charge on any atom is -0.325 e. The molecule has 0 fully saturated rings. The summed E-state index contributed by atoms with van der Waals surface area (Å²) in [5, 5.41) is 6.27. The van der Waals surface area contributed by atoms with Crippen molar-refractivity contribution in [2.75, 3.05) is 5.32 Å². The van der Waals surface area contributed by atoms with Crippen molar-refractivity contribution in [3.8, 4) is 0 Å². The SMILES string of the molecule is Cc1cccc(NC(=O)[C@@H](C)N[C@@H](C)c2ccccc2Br)c1. The minimum atomic E-state index is -0.289. The summed E-state index contributed by atoms with van der Waals surface area (Å²) < 4.78 is 1.04. The third-order valence-electron chi connectivity index (χ3n) is 3.55. The van der Waals surface area contributed by atoms with Crippen molar-refractivity contribution in [3.63, 3.8) is 0 Å². The van der Waals surface area contributed by atoms with Gasteiger partial charge in [-0.2, -0.15) is 0 Å². The van der Waals surface area contributed by atoms with Gasteiger partial charge in [0, 0.05) is 16.2 Å². The van der Waals surface area contributed by atoms with Crippen molar-refractivity contribution in [2.24, 2.45) is 0 Å². The third-order valence-corrected chi connectivity index (χ3v) is 4.27. The molecule has 22 heavy (non-hydrogen) atoms. The fourth-order valence-electron chi connectivity index (χ4n) is 2.34. The molecule has 0 saturated heterocycles. The molecule has 0 bridgehead atoms. The summed E-state index contributed by atoms with van der Waals surface area (Å²) in [4.78, 5) is 12.3. The van der Waals surface area contributed by atoms with Crippen LogP contribution in [0.3, 0.4) is 0 Å². The Labute approximate surface area is 140 Å². The van der Waals surface area contributed by atoms with Crippen molar-refractivity contribution < 1.29 is 4.79 Å². The van der Waals surface area contributed by atoms with Gasteiger partial charge in [0.15, 0.2) is 0 Å². The molecule has 0 aromatic heterocycles. The Morgan fingerprint density at radius 2 is 1.82 bits per heavy atom. The zero-order valence-corrected chi connectivity index (χ0v) is 14.6. The number of hydrogen-bond acceptors (Lipinski definition) is 2. The first kappa shape index (κ1) is 16.7. The number of anilines is 1. The van der Waals surface area contributed by atoms with E-state index in [9.17, 15) is 4.79 Å². The van der Waals surface area contributed by atoms with Crippen LogP contribution in [0.5, 0.6) is 0 Å². The highest BCUT2D eigenvalue weighted by atomic mass is 79.9. The van der Waals surface area contributed by atoms with E-state index in [1.807, 2.05) is 62.4 Å². The molecule has 0 aliphatic heterocycles. The molecule has 0 heterocycles. The molecule has 3 nitrogen and oxygen atoms in total. The number of carbonyl (C=O) groups is 1. The fourth-order valence-corrected chi connectivity index (χ4v) is 2.97. The van der Waals surface area contributed by atoms with Crippen LogP contribution in [0.25, 0.3) is 0 Å². The van der Waals surface area contributed by atoms with E-state index in [1.54, 1.807) is 0 Å². The van der Waals surface area contributed by atoms with Crippen molar-refractivity contribution in [1.29, 1.82) is 0 Å². The van der Waals surface area contributed by atoms with Gasteiger partial charge in [-0.15, -0.1) is 0 Å². The number of nitrogens with one attached hydrogen (secondary N) is 2. The average Bonchev–Trinajstić information content (AvgIpc) is 2.47. The summed E-state index contributed by atoms with van der Waals surface area (Å²) in [6.07, 6.45) is 0. The van der Waals surface area contributed by atoms with E-state index < -0.39 is 0 Å². The number of aryl methyl sites for hydroxylation is 1. The van der Waals surface area contributed by atoms with E-state index in [4.69, 9.17) is 0 Å². The van der Waals surface area contributed by atoms with Crippen LogP contribution in [-0.4, -0.2) is 11.9 Å². The van der Waals surface area contributed by atoms with Gasteiger partial charge < -0.3 is 5.32 Å².